The third kappa shape index (κ3) is 3.80. The molecule has 0 radical (unpaired) electrons. The molecule has 1 aliphatic rings. The Labute approximate surface area is 141 Å². The van der Waals surface area contributed by atoms with Crippen LogP contribution in [0.5, 0.6) is 0 Å². The molecule has 3 rings (SSSR count). The largest absolute Gasteiger partial charge is 0.366 e. The normalized spacial score (nSPS) is 17.8. The van der Waals surface area contributed by atoms with Gasteiger partial charge in [0.15, 0.2) is 5.82 Å². The lowest BCUT2D eigenvalue weighted by Gasteiger charge is -2.36. The van der Waals surface area contributed by atoms with Crippen molar-refractivity contribution in [2.45, 2.75) is 26.4 Å². The van der Waals surface area contributed by atoms with Crippen LogP contribution in [0.25, 0.3) is 0 Å². The van der Waals surface area contributed by atoms with Crippen molar-refractivity contribution < 1.29 is 9.32 Å². The van der Waals surface area contributed by atoms with Gasteiger partial charge in [0.25, 0.3) is 0 Å². The zero-order valence-electron chi connectivity index (χ0n) is 14.1. The number of nitrogens with two attached hydrogens (primary N) is 1. The number of carbonyl (C=O) groups is 1. The average molecular weight is 329 g/mol. The Balaban J connectivity index is 1.55. The molecule has 2 N–H and O–H groups in total. The number of benzene rings is 1. The quantitative estimate of drug-likeness (QED) is 0.891. The van der Waals surface area contributed by atoms with Crippen molar-refractivity contribution in [2.24, 2.45) is 5.73 Å². The molecule has 0 bridgehead atoms. The smallest absolute Gasteiger partial charge is 0.248 e. The highest BCUT2D eigenvalue weighted by Crippen LogP contribution is 2.20. The van der Waals surface area contributed by atoms with Gasteiger partial charge < -0.3 is 10.3 Å². The van der Waals surface area contributed by atoms with Crippen molar-refractivity contribution in [3.63, 3.8) is 0 Å². The molecular formula is C17H23N5O2. The molecule has 7 nitrogen and oxygen atoms in total. The monoisotopic (exact) mass is 329 g/mol. The van der Waals surface area contributed by atoms with Gasteiger partial charge in [-0.1, -0.05) is 17.3 Å². The number of nitrogens with zero attached hydrogens (tertiary/aromatic N) is 4. The fourth-order valence-corrected chi connectivity index (χ4v) is 3.03. The van der Waals surface area contributed by atoms with Crippen LogP contribution in [-0.2, 0) is 6.54 Å². The molecule has 0 saturated carbocycles. The molecule has 2 heterocycles. The molecule has 0 aliphatic carbocycles. The van der Waals surface area contributed by atoms with Gasteiger partial charge in [0.1, 0.15) is 0 Å². The SMILES string of the molecule is Cc1noc(C(C)N2CCN(Cc3cccc(C(N)=O)c3)CC2)n1. The minimum Gasteiger partial charge on any atom is -0.366 e. The molecule has 0 spiro atoms. The van der Waals surface area contributed by atoms with E-state index in [1.807, 2.05) is 25.1 Å². The van der Waals surface area contributed by atoms with E-state index in [9.17, 15) is 4.79 Å². The Hall–Kier alpha value is -2.25. The van der Waals surface area contributed by atoms with Crippen molar-refractivity contribution in [2.75, 3.05) is 26.2 Å². The second-order valence-electron chi connectivity index (χ2n) is 6.23. The number of rotatable bonds is 5. The lowest BCUT2D eigenvalue weighted by atomic mass is 10.1. The van der Waals surface area contributed by atoms with Crippen LogP contribution in [0.4, 0.5) is 0 Å². The van der Waals surface area contributed by atoms with Crippen LogP contribution >= 0.6 is 0 Å². The van der Waals surface area contributed by atoms with Gasteiger partial charge >= 0.3 is 0 Å². The second kappa shape index (κ2) is 7.11. The summed E-state index contributed by atoms with van der Waals surface area (Å²) in [6, 6.07) is 7.66. The van der Waals surface area contributed by atoms with Gasteiger partial charge in [-0.05, 0) is 31.5 Å². The first-order chi connectivity index (χ1) is 11.5. The van der Waals surface area contributed by atoms with Crippen molar-refractivity contribution in [3.8, 4) is 0 Å². The minimum atomic E-state index is -0.384. The predicted octanol–water partition coefficient (Wildman–Crippen LogP) is 1.36. The first kappa shape index (κ1) is 16.6. The molecule has 1 fully saturated rings. The molecule has 24 heavy (non-hydrogen) atoms. The van der Waals surface area contributed by atoms with Crippen LogP contribution in [0.2, 0.25) is 0 Å². The molecule has 1 atom stereocenters. The standard InChI is InChI=1S/C17H23N5O2/c1-12(17-19-13(2)20-24-17)22-8-6-21(7-9-22)11-14-4-3-5-15(10-14)16(18)23/h3-5,10,12H,6-9,11H2,1-2H3,(H2,18,23). The zero-order valence-corrected chi connectivity index (χ0v) is 14.1. The highest BCUT2D eigenvalue weighted by molar-refractivity contribution is 5.92. The lowest BCUT2D eigenvalue weighted by molar-refractivity contribution is 0.0845. The van der Waals surface area contributed by atoms with Crippen molar-refractivity contribution >= 4 is 5.91 Å². The summed E-state index contributed by atoms with van der Waals surface area (Å²) in [6.45, 7) is 8.55. The Morgan fingerprint density at radius 2 is 2.08 bits per heavy atom. The molecule has 128 valence electrons. The van der Waals surface area contributed by atoms with Crippen LogP contribution in [0.15, 0.2) is 28.8 Å². The maximum absolute atomic E-state index is 11.3. The van der Waals surface area contributed by atoms with E-state index in [4.69, 9.17) is 10.3 Å². The Kier molecular flexibility index (Phi) is 4.92. The van der Waals surface area contributed by atoms with Crippen molar-refractivity contribution in [1.29, 1.82) is 0 Å². The minimum absolute atomic E-state index is 0.131. The molecule has 1 aliphatic heterocycles. The number of carbonyl (C=O) groups excluding carboxylic acids is 1. The van der Waals surface area contributed by atoms with E-state index in [-0.39, 0.29) is 11.9 Å². The van der Waals surface area contributed by atoms with E-state index < -0.39 is 0 Å². The maximum Gasteiger partial charge on any atom is 0.248 e. The number of amides is 1. The molecule has 1 aromatic carbocycles. The highest BCUT2D eigenvalue weighted by Gasteiger charge is 2.25. The van der Waals surface area contributed by atoms with E-state index in [1.165, 1.54) is 0 Å². The number of hydrogen-bond donors (Lipinski definition) is 1. The van der Waals surface area contributed by atoms with E-state index in [0.29, 0.717) is 17.3 Å². The third-order valence-corrected chi connectivity index (χ3v) is 4.47. The summed E-state index contributed by atoms with van der Waals surface area (Å²) < 4.78 is 5.28. The summed E-state index contributed by atoms with van der Waals surface area (Å²) >= 11 is 0. The van der Waals surface area contributed by atoms with Crippen LogP contribution in [0.3, 0.4) is 0 Å². The number of hydrogen-bond acceptors (Lipinski definition) is 6. The topological polar surface area (TPSA) is 88.5 Å². The lowest BCUT2D eigenvalue weighted by Crippen LogP contribution is -2.46. The highest BCUT2D eigenvalue weighted by atomic mass is 16.5. The van der Waals surface area contributed by atoms with Crippen LogP contribution in [-0.4, -0.2) is 52.0 Å². The Bertz CT molecular complexity index is 707. The summed E-state index contributed by atoms with van der Waals surface area (Å²) in [6.07, 6.45) is 0. The summed E-state index contributed by atoms with van der Waals surface area (Å²) in [5.74, 6) is 0.963. The van der Waals surface area contributed by atoms with E-state index in [1.54, 1.807) is 6.07 Å². The van der Waals surface area contributed by atoms with Crippen molar-refractivity contribution in [3.05, 3.63) is 47.1 Å². The predicted molar refractivity (Wildman–Crippen MR) is 89.3 cm³/mol. The van der Waals surface area contributed by atoms with E-state index >= 15 is 0 Å². The van der Waals surface area contributed by atoms with Gasteiger partial charge in [0.05, 0.1) is 6.04 Å². The number of primary amides is 1. The molecule has 2 aromatic rings. The zero-order chi connectivity index (χ0) is 17.1. The fraction of sp³-hybridized carbons (Fsp3) is 0.471. The second-order valence-corrected chi connectivity index (χ2v) is 6.23. The molecule has 1 aromatic heterocycles. The first-order valence-electron chi connectivity index (χ1n) is 8.18. The van der Waals surface area contributed by atoms with Gasteiger partial charge in [-0.15, -0.1) is 0 Å². The molecule has 1 unspecified atom stereocenters. The van der Waals surface area contributed by atoms with Gasteiger partial charge in [-0.2, -0.15) is 4.98 Å². The van der Waals surface area contributed by atoms with Gasteiger partial charge in [0, 0.05) is 38.3 Å². The van der Waals surface area contributed by atoms with E-state index in [2.05, 4.69) is 26.9 Å². The summed E-state index contributed by atoms with van der Waals surface area (Å²) in [7, 11) is 0. The van der Waals surface area contributed by atoms with Gasteiger partial charge in [-0.25, -0.2) is 0 Å². The molecular weight excluding hydrogens is 306 g/mol. The van der Waals surface area contributed by atoms with Gasteiger partial charge in [-0.3, -0.25) is 14.6 Å². The van der Waals surface area contributed by atoms with Gasteiger partial charge in [0.2, 0.25) is 11.8 Å². The van der Waals surface area contributed by atoms with Crippen LogP contribution in [0, 0.1) is 6.92 Å². The molecule has 7 heteroatoms. The van der Waals surface area contributed by atoms with Crippen molar-refractivity contribution in [1.82, 2.24) is 19.9 Å². The number of piperazine rings is 1. The maximum atomic E-state index is 11.3. The van der Waals surface area contributed by atoms with Crippen LogP contribution < -0.4 is 5.73 Å². The molecule has 1 saturated heterocycles. The number of aryl methyl sites for hydroxylation is 1. The number of aromatic nitrogens is 2. The summed E-state index contributed by atoms with van der Waals surface area (Å²) in [5, 5.41) is 3.86. The Morgan fingerprint density at radius 3 is 2.71 bits per heavy atom. The average Bonchev–Trinajstić information content (AvgIpc) is 3.01. The fourth-order valence-electron chi connectivity index (χ4n) is 3.03. The summed E-state index contributed by atoms with van der Waals surface area (Å²) in [5.41, 5.74) is 7.02. The first-order valence-corrected chi connectivity index (χ1v) is 8.18. The molecule has 1 amide bonds. The van der Waals surface area contributed by atoms with Crippen LogP contribution in [0.1, 0.15) is 40.6 Å². The van der Waals surface area contributed by atoms with E-state index in [0.717, 1.165) is 38.3 Å². The summed E-state index contributed by atoms with van der Waals surface area (Å²) in [4.78, 5) is 20.3. The third-order valence-electron chi connectivity index (χ3n) is 4.47. The Morgan fingerprint density at radius 1 is 1.33 bits per heavy atom.